The van der Waals surface area contributed by atoms with Crippen molar-refractivity contribution in [2.45, 2.75) is 25.8 Å². The van der Waals surface area contributed by atoms with Gasteiger partial charge in [0.2, 0.25) is 0 Å². The molecule has 0 bridgehead atoms. The van der Waals surface area contributed by atoms with Crippen LogP contribution in [0.1, 0.15) is 42.5 Å². The van der Waals surface area contributed by atoms with Crippen LogP contribution >= 0.6 is 15.9 Å². The van der Waals surface area contributed by atoms with Crippen molar-refractivity contribution >= 4 is 15.9 Å². The van der Waals surface area contributed by atoms with Crippen LogP contribution in [0.15, 0.2) is 53.0 Å². The second kappa shape index (κ2) is 5.68. The van der Waals surface area contributed by atoms with Crippen LogP contribution in [0, 0.1) is 0 Å². The summed E-state index contributed by atoms with van der Waals surface area (Å²) in [6.07, 6.45) is 0. The monoisotopic (exact) mass is 303 g/mol. The van der Waals surface area contributed by atoms with Crippen molar-refractivity contribution in [2.75, 3.05) is 0 Å². The molecule has 0 heterocycles. The minimum Gasteiger partial charge on any atom is -0.320 e. The molecule has 2 aromatic carbocycles. The molecule has 0 radical (unpaired) electrons. The van der Waals surface area contributed by atoms with Crippen molar-refractivity contribution in [1.82, 2.24) is 0 Å². The van der Waals surface area contributed by atoms with Crippen LogP contribution in [0.4, 0.5) is 0 Å². The molecule has 2 aromatic rings. The van der Waals surface area contributed by atoms with Crippen LogP contribution in [0.5, 0.6) is 0 Å². The van der Waals surface area contributed by atoms with Crippen LogP contribution in [0.2, 0.25) is 0 Å². The maximum Gasteiger partial charge on any atom is 0.0552 e. The van der Waals surface area contributed by atoms with Crippen molar-refractivity contribution in [3.63, 3.8) is 0 Å². The van der Waals surface area contributed by atoms with Crippen molar-refractivity contribution in [3.05, 3.63) is 69.7 Å². The van der Waals surface area contributed by atoms with Gasteiger partial charge in [-0.1, -0.05) is 66.2 Å². The van der Waals surface area contributed by atoms with E-state index in [1.54, 1.807) is 0 Å². The Balaban J connectivity index is 2.26. The van der Waals surface area contributed by atoms with Crippen LogP contribution in [-0.4, -0.2) is 0 Å². The molecule has 0 saturated carbocycles. The summed E-state index contributed by atoms with van der Waals surface area (Å²) < 4.78 is 1.06. The highest BCUT2D eigenvalue weighted by Gasteiger charge is 2.09. The van der Waals surface area contributed by atoms with Gasteiger partial charge in [-0.3, -0.25) is 0 Å². The normalized spacial score (nSPS) is 12.7. The largest absolute Gasteiger partial charge is 0.320 e. The minimum atomic E-state index is -0.0660. The van der Waals surface area contributed by atoms with Crippen LogP contribution in [0.25, 0.3) is 0 Å². The fraction of sp³-hybridized carbons (Fsp3) is 0.250. The van der Waals surface area contributed by atoms with Gasteiger partial charge in [-0.05, 0) is 34.7 Å². The van der Waals surface area contributed by atoms with Crippen molar-refractivity contribution in [2.24, 2.45) is 5.73 Å². The molecule has 94 valence electrons. The lowest BCUT2D eigenvalue weighted by Gasteiger charge is -2.14. The van der Waals surface area contributed by atoms with Crippen molar-refractivity contribution < 1.29 is 0 Å². The molecule has 2 N–H and O–H groups in total. The Bertz CT molecular complexity index is 517. The maximum atomic E-state index is 6.29. The molecule has 2 rings (SSSR count). The highest BCUT2D eigenvalue weighted by molar-refractivity contribution is 9.10. The van der Waals surface area contributed by atoms with E-state index in [4.69, 9.17) is 5.73 Å². The zero-order valence-corrected chi connectivity index (χ0v) is 12.3. The Labute approximate surface area is 117 Å². The third-order valence-electron chi connectivity index (χ3n) is 3.17. The quantitative estimate of drug-likeness (QED) is 0.879. The predicted octanol–water partition coefficient (Wildman–Crippen LogP) is 4.62. The number of rotatable bonds is 3. The zero-order valence-electron chi connectivity index (χ0n) is 10.7. The number of benzene rings is 2. The molecule has 2 heteroatoms. The number of nitrogens with two attached hydrogens (primary N) is 1. The Morgan fingerprint density at radius 3 is 2.06 bits per heavy atom. The summed E-state index contributed by atoms with van der Waals surface area (Å²) in [4.78, 5) is 0. The molecular formula is C16H18BrN. The fourth-order valence-electron chi connectivity index (χ4n) is 1.98. The predicted molar refractivity (Wildman–Crippen MR) is 80.7 cm³/mol. The molecule has 1 unspecified atom stereocenters. The summed E-state index contributed by atoms with van der Waals surface area (Å²) in [6, 6.07) is 16.7. The average Bonchev–Trinajstić information content (AvgIpc) is 2.38. The Hall–Kier alpha value is -1.12. The molecular weight excluding hydrogens is 286 g/mol. The first kappa shape index (κ1) is 13.3. The molecule has 0 aliphatic carbocycles. The summed E-state index contributed by atoms with van der Waals surface area (Å²) in [5.74, 6) is 0.557. The van der Waals surface area contributed by atoms with E-state index in [0.717, 1.165) is 15.6 Å². The molecule has 18 heavy (non-hydrogen) atoms. The molecule has 1 nitrogen and oxygen atoms in total. The number of hydrogen-bond acceptors (Lipinski definition) is 1. The van der Waals surface area contributed by atoms with Crippen molar-refractivity contribution in [1.29, 1.82) is 0 Å². The lowest BCUT2D eigenvalue weighted by atomic mass is 9.96. The van der Waals surface area contributed by atoms with Gasteiger partial charge in [0.15, 0.2) is 0 Å². The van der Waals surface area contributed by atoms with Gasteiger partial charge in [0.25, 0.3) is 0 Å². The molecule has 0 fully saturated rings. The van der Waals surface area contributed by atoms with Crippen LogP contribution in [-0.2, 0) is 0 Å². The van der Waals surface area contributed by atoms with E-state index in [-0.39, 0.29) is 6.04 Å². The molecule has 0 aliphatic rings. The SMILES string of the molecule is CC(C)c1ccc(C(N)c2cccc(Br)c2)cc1. The second-order valence-corrected chi connectivity index (χ2v) is 5.77. The van der Waals surface area contributed by atoms with E-state index in [2.05, 4.69) is 66.2 Å². The zero-order chi connectivity index (χ0) is 13.1. The first-order chi connectivity index (χ1) is 8.58. The van der Waals surface area contributed by atoms with Gasteiger partial charge in [0.1, 0.15) is 0 Å². The summed E-state index contributed by atoms with van der Waals surface area (Å²) in [7, 11) is 0. The number of halogens is 1. The Morgan fingerprint density at radius 1 is 0.889 bits per heavy atom. The van der Waals surface area contributed by atoms with E-state index in [9.17, 15) is 0 Å². The van der Waals surface area contributed by atoms with Gasteiger partial charge < -0.3 is 5.73 Å². The topological polar surface area (TPSA) is 26.0 Å². The van der Waals surface area contributed by atoms with E-state index in [0.29, 0.717) is 5.92 Å². The number of hydrogen-bond donors (Lipinski definition) is 1. The molecule has 0 aliphatic heterocycles. The van der Waals surface area contributed by atoms with E-state index >= 15 is 0 Å². The maximum absolute atomic E-state index is 6.29. The standard InChI is InChI=1S/C16H18BrN/c1-11(2)12-6-8-13(9-7-12)16(18)14-4-3-5-15(17)10-14/h3-11,16H,18H2,1-2H3. The van der Waals surface area contributed by atoms with E-state index < -0.39 is 0 Å². The third-order valence-corrected chi connectivity index (χ3v) is 3.66. The van der Waals surface area contributed by atoms with Gasteiger partial charge in [0, 0.05) is 4.47 Å². The lowest BCUT2D eigenvalue weighted by molar-refractivity contribution is 0.847. The highest BCUT2D eigenvalue weighted by Crippen LogP contribution is 2.24. The molecule has 0 aromatic heterocycles. The molecule has 0 saturated heterocycles. The molecule has 0 amide bonds. The van der Waals surface area contributed by atoms with Crippen LogP contribution < -0.4 is 5.73 Å². The highest BCUT2D eigenvalue weighted by atomic mass is 79.9. The van der Waals surface area contributed by atoms with Crippen molar-refractivity contribution in [3.8, 4) is 0 Å². The molecule has 1 atom stereocenters. The summed E-state index contributed by atoms with van der Waals surface area (Å²) in [5, 5.41) is 0. The average molecular weight is 304 g/mol. The molecule has 0 spiro atoms. The first-order valence-corrected chi connectivity index (χ1v) is 6.98. The first-order valence-electron chi connectivity index (χ1n) is 6.19. The van der Waals surface area contributed by atoms with E-state index in [1.807, 2.05) is 12.1 Å². The van der Waals surface area contributed by atoms with Gasteiger partial charge in [0.05, 0.1) is 6.04 Å². The minimum absolute atomic E-state index is 0.0660. The fourth-order valence-corrected chi connectivity index (χ4v) is 2.40. The third kappa shape index (κ3) is 3.01. The Kier molecular flexibility index (Phi) is 4.20. The van der Waals surface area contributed by atoms with Gasteiger partial charge >= 0.3 is 0 Å². The summed E-state index contributed by atoms with van der Waals surface area (Å²) in [6.45, 7) is 4.40. The van der Waals surface area contributed by atoms with Gasteiger partial charge in [-0.2, -0.15) is 0 Å². The Morgan fingerprint density at radius 2 is 1.50 bits per heavy atom. The van der Waals surface area contributed by atoms with E-state index in [1.165, 1.54) is 5.56 Å². The summed E-state index contributed by atoms with van der Waals surface area (Å²) >= 11 is 3.48. The van der Waals surface area contributed by atoms with Gasteiger partial charge in [-0.25, -0.2) is 0 Å². The smallest absolute Gasteiger partial charge is 0.0552 e. The lowest BCUT2D eigenvalue weighted by Crippen LogP contribution is -2.11. The summed E-state index contributed by atoms with van der Waals surface area (Å²) in [5.41, 5.74) is 9.91. The van der Waals surface area contributed by atoms with Gasteiger partial charge in [-0.15, -0.1) is 0 Å². The van der Waals surface area contributed by atoms with Crippen LogP contribution in [0.3, 0.4) is 0 Å². The second-order valence-electron chi connectivity index (χ2n) is 4.85.